The molecule has 0 bridgehead atoms. The molecule has 0 radical (unpaired) electrons. The Hall–Kier alpha value is -0.270. The minimum absolute atomic E-state index is 0.0460. The Kier molecular flexibility index (Phi) is 5.27. The normalized spacial score (nSPS) is 26.2. The van der Waals surface area contributed by atoms with E-state index in [0.29, 0.717) is 18.6 Å². The maximum Gasteiger partial charge on any atom is 0.322 e. The molecule has 1 aliphatic heterocycles. The molecule has 0 aliphatic carbocycles. The van der Waals surface area contributed by atoms with Crippen molar-refractivity contribution in [2.75, 3.05) is 11.5 Å². The average molecular weight is 281 g/mol. The maximum absolute atomic E-state index is 12.1. The van der Waals surface area contributed by atoms with Crippen molar-refractivity contribution >= 4 is 27.8 Å². The van der Waals surface area contributed by atoms with Gasteiger partial charge in [-0.25, -0.2) is 8.42 Å². The van der Waals surface area contributed by atoms with Crippen molar-refractivity contribution in [2.45, 2.75) is 44.5 Å². The Balaban J connectivity index is 2.92. The summed E-state index contributed by atoms with van der Waals surface area (Å²) >= 11 is 1.41. The maximum atomic E-state index is 12.1. The van der Waals surface area contributed by atoms with E-state index in [1.54, 1.807) is 0 Å². The van der Waals surface area contributed by atoms with Crippen molar-refractivity contribution in [1.29, 1.82) is 0 Å². The van der Waals surface area contributed by atoms with E-state index in [-0.39, 0.29) is 11.1 Å². The van der Waals surface area contributed by atoms with Gasteiger partial charge in [-0.05, 0) is 12.8 Å². The van der Waals surface area contributed by atoms with E-state index in [2.05, 4.69) is 0 Å². The fourth-order valence-corrected chi connectivity index (χ4v) is 5.66. The van der Waals surface area contributed by atoms with E-state index < -0.39 is 22.0 Å². The molecule has 17 heavy (non-hydrogen) atoms. The lowest BCUT2D eigenvalue weighted by Gasteiger charge is -2.25. The van der Waals surface area contributed by atoms with E-state index >= 15 is 0 Å². The van der Waals surface area contributed by atoms with Crippen LogP contribution in [-0.2, 0) is 14.8 Å². The zero-order valence-corrected chi connectivity index (χ0v) is 11.8. The number of aliphatic carboxylic acids is 1. The van der Waals surface area contributed by atoms with E-state index in [4.69, 9.17) is 5.11 Å². The zero-order valence-electron chi connectivity index (χ0n) is 10.1. The first-order valence-corrected chi connectivity index (χ1v) is 8.45. The lowest BCUT2D eigenvalue weighted by Crippen LogP contribution is -2.46. The monoisotopic (exact) mass is 281 g/mol. The molecule has 1 saturated heterocycles. The molecule has 7 heteroatoms. The Morgan fingerprint density at radius 1 is 1.47 bits per heavy atom. The fraction of sp³-hybridized carbons (Fsp3) is 0.900. The summed E-state index contributed by atoms with van der Waals surface area (Å²) in [4.78, 5) is 11.1. The minimum atomic E-state index is -3.45. The summed E-state index contributed by atoms with van der Waals surface area (Å²) in [7, 11) is -3.45. The molecule has 1 aliphatic rings. The van der Waals surface area contributed by atoms with Gasteiger partial charge in [-0.15, -0.1) is 11.8 Å². The number of carboxylic acids is 1. The first-order chi connectivity index (χ1) is 7.94. The van der Waals surface area contributed by atoms with Gasteiger partial charge in [0, 0.05) is 5.75 Å². The Morgan fingerprint density at radius 3 is 2.59 bits per heavy atom. The van der Waals surface area contributed by atoms with Crippen LogP contribution in [0.3, 0.4) is 0 Å². The van der Waals surface area contributed by atoms with Crippen LogP contribution in [0.1, 0.15) is 33.1 Å². The van der Waals surface area contributed by atoms with Crippen molar-refractivity contribution in [1.82, 2.24) is 4.31 Å². The number of sulfonamides is 1. The van der Waals surface area contributed by atoms with Crippen molar-refractivity contribution < 1.29 is 18.3 Å². The molecule has 0 spiro atoms. The van der Waals surface area contributed by atoms with Gasteiger partial charge in [0.2, 0.25) is 10.0 Å². The highest BCUT2D eigenvalue weighted by atomic mass is 32.2. The van der Waals surface area contributed by atoms with Gasteiger partial charge in [-0.1, -0.05) is 20.3 Å². The van der Waals surface area contributed by atoms with Crippen LogP contribution in [0.15, 0.2) is 0 Å². The highest BCUT2D eigenvalue weighted by Crippen LogP contribution is 2.34. The smallest absolute Gasteiger partial charge is 0.322 e. The number of carboxylic acid groups (broad SMARTS) is 1. The molecule has 0 saturated carbocycles. The molecule has 2 unspecified atom stereocenters. The second-order valence-corrected chi connectivity index (χ2v) is 7.25. The highest BCUT2D eigenvalue weighted by molar-refractivity contribution is 8.01. The summed E-state index contributed by atoms with van der Waals surface area (Å²) in [6.45, 7) is 3.80. The first-order valence-electron chi connectivity index (χ1n) is 5.79. The number of thioether (sulfide) groups is 1. The number of unbranched alkanes of at least 4 members (excludes halogenated alkanes) is 1. The lowest BCUT2D eigenvalue weighted by atomic mass is 10.3. The standard InChI is InChI=1S/C10H19NO4S2/c1-3-5-6-17(14,15)11-8(10(12)13)7-16-9(11)4-2/h8-9H,3-7H2,1-2H3,(H,12,13). The zero-order chi connectivity index (χ0) is 13.1. The number of rotatable bonds is 6. The molecule has 1 rings (SSSR count). The quantitative estimate of drug-likeness (QED) is 0.795. The van der Waals surface area contributed by atoms with Crippen LogP contribution in [0.5, 0.6) is 0 Å². The van der Waals surface area contributed by atoms with Crippen LogP contribution in [0, 0.1) is 0 Å². The average Bonchev–Trinajstić information content (AvgIpc) is 2.70. The molecule has 2 atom stereocenters. The minimum Gasteiger partial charge on any atom is -0.480 e. The van der Waals surface area contributed by atoms with E-state index in [9.17, 15) is 13.2 Å². The molecule has 1 heterocycles. The van der Waals surface area contributed by atoms with Gasteiger partial charge >= 0.3 is 5.97 Å². The Labute approximate surface area is 107 Å². The van der Waals surface area contributed by atoms with Crippen molar-refractivity contribution in [3.63, 3.8) is 0 Å². The SMILES string of the molecule is CCCCS(=O)(=O)N1C(CC)SCC1C(=O)O. The van der Waals surface area contributed by atoms with Crippen LogP contribution in [-0.4, -0.2) is 46.7 Å². The van der Waals surface area contributed by atoms with Gasteiger partial charge in [-0.3, -0.25) is 4.79 Å². The number of hydrogen-bond acceptors (Lipinski definition) is 4. The lowest BCUT2D eigenvalue weighted by molar-refractivity contribution is -0.140. The molecule has 1 N–H and O–H groups in total. The van der Waals surface area contributed by atoms with E-state index in [0.717, 1.165) is 6.42 Å². The van der Waals surface area contributed by atoms with Crippen LogP contribution in [0.25, 0.3) is 0 Å². The molecule has 0 aromatic rings. The molecular weight excluding hydrogens is 262 g/mol. The van der Waals surface area contributed by atoms with Crippen molar-refractivity contribution in [2.24, 2.45) is 0 Å². The summed E-state index contributed by atoms with van der Waals surface area (Å²) < 4.78 is 25.5. The Morgan fingerprint density at radius 2 is 2.12 bits per heavy atom. The van der Waals surface area contributed by atoms with Gasteiger partial charge in [0.25, 0.3) is 0 Å². The van der Waals surface area contributed by atoms with Gasteiger partial charge < -0.3 is 5.11 Å². The number of nitrogens with zero attached hydrogens (tertiary/aromatic N) is 1. The van der Waals surface area contributed by atoms with Gasteiger partial charge in [0.05, 0.1) is 11.1 Å². The molecule has 0 aromatic carbocycles. The molecular formula is C10H19NO4S2. The third kappa shape index (κ3) is 3.35. The number of carbonyl (C=O) groups is 1. The van der Waals surface area contributed by atoms with E-state index in [1.807, 2.05) is 13.8 Å². The topological polar surface area (TPSA) is 74.7 Å². The number of hydrogen-bond donors (Lipinski definition) is 1. The van der Waals surface area contributed by atoms with Crippen LogP contribution in [0.4, 0.5) is 0 Å². The molecule has 1 fully saturated rings. The largest absolute Gasteiger partial charge is 0.480 e. The van der Waals surface area contributed by atoms with Crippen molar-refractivity contribution in [3.05, 3.63) is 0 Å². The summed E-state index contributed by atoms with van der Waals surface area (Å²) in [6, 6.07) is -0.896. The van der Waals surface area contributed by atoms with Crippen LogP contribution < -0.4 is 0 Å². The highest BCUT2D eigenvalue weighted by Gasteiger charge is 2.44. The molecule has 0 aromatic heterocycles. The summed E-state index contributed by atoms with van der Waals surface area (Å²) in [5, 5.41) is 8.84. The van der Waals surface area contributed by atoms with Crippen LogP contribution >= 0.6 is 11.8 Å². The van der Waals surface area contributed by atoms with Gasteiger partial charge in [-0.2, -0.15) is 4.31 Å². The third-order valence-corrected chi connectivity index (χ3v) is 6.29. The molecule has 5 nitrogen and oxygen atoms in total. The van der Waals surface area contributed by atoms with Crippen LogP contribution in [0.2, 0.25) is 0 Å². The summed E-state index contributed by atoms with van der Waals surface area (Å²) in [5.74, 6) is -0.655. The third-order valence-electron chi connectivity index (χ3n) is 2.75. The molecule has 0 amide bonds. The summed E-state index contributed by atoms with van der Waals surface area (Å²) in [5.41, 5.74) is 0. The van der Waals surface area contributed by atoms with E-state index in [1.165, 1.54) is 16.1 Å². The van der Waals surface area contributed by atoms with Crippen molar-refractivity contribution in [3.8, 4) is 0 Å². The second kappa shape index (κ2) is 6.06. The fourth-order valence-electron chi connectivity index (χ4n) is 1.83. The summed E-state index contributed by atoms with van der Waals surface area (Å²) in [6.07, 6.45) is 2.00. The van der Waals surface area contributed by atoms with Gasteiger partial charge in [0.1, 0.15) is 6.04 Å². The Bertz CT molecular complexity index is 369. The first kappa shape index (κ1) is 14.8. The predicted molar refractivity (Wildman–Crippen MR) is 68.5 cm³/mol. The predicted octanol–water partition coefficient (Wildman–Crippen LogP) is 1.35. The molecule has 100 valence electrons. The second-order valence-electron chi connectivity index (χ2n) is 4.05. The van der Waals surface area contributed by atoms with Gasteiger partial charge in [0.15, 0.2) is 0 Å².